The van der Waals surface area contributed by atoms with E-state index < -0.39 is 0 Å². The molecule has 2 rings (SSSR count). The molecule has 4 unspecified atom stereocenters. The van der Waals surface area contributed by atoms with Crippen LogP contribution in [-0.2, 0) is 4.74 Å². The molecule has 2 aliphatic heterocycles. The monoisotopic (exact) mass is 151 g/mol. The highest BCUT2D eigenvalue weighted by molar-refractivity contribution is 5.06. The Morgan fingerprint density at radius 2 is 2.36 bits per heavy atom. The first-order chi connectivity index (χ1) is 5.31. The second-order valence-electron chi connectivity index (χ2n) is 3.47. The molecule has 2 N–H and O–H groups in total. The molecule has 11 heavy (non-hydrogen) atoms. The number of hydrogen-bond acceptors (Lipinski definition) is 2. The van der Waals surface area contributed by atoms with Crippen LogP contribution >= 0.6 is 0 Å². The smallest absolute Gasteiger partial charge is 0.0716 e. The molecule has 2 heterocycles. The standard InChI is InChI=1S/C9H13NO/c1-2-8(10)7-5-6-3-4-9(7)11-6/h1,6-9H,3-5,10H2. The van der Waals surface area contributed by atoms with Gasteiger partial charge in [0.2, 0.25) is 0 Å². The molecule has 0 aromatic carbocycles. The Morgan fingerprint density at radius 1 is 1.55 bits per heavy atom. The largest absolute Gasteiger partial charge is 0.375 e. The summed E-state index contributed by atoms with van der Waals surface area (Å²) in [6, 6.07) is -0.0923. The molecular weight excluding hydrogens is 138 g/mol. The lowest BCUT2D eigenvalue weighted by atomic mass is 9.84. The maximum absolute atomic E-state index is 5.75. The third kappa shape index (κ3) is 1.05. The van der Waals surface area contributed by atoms with Gasteiger partial charge in [0.15, 0.2) is 0 Å². The zero-order valence-electron chi connectivity index (χ0n) is 6.49. The van der Waals surface area contributed by atoms with Crippen molar-refractivity contribution in [1.29, 1.82) is 0 Å². The Morgan fingerprint density at radius 3 is 2.82 bits per heavy atom. The van der Waals surface area contributed by atoms with Gasteiger partial charge in [-0.1, -0.05) is 5.92 Å². The average Bonchev–Trinajstić information content (AvgIpc) is 2.62. The van der Waals surface area contributed by atoms with Crippen LogP contribution in [0.1, 0.15) is 19.3 Å². The quantitative estimate of drug-likeness (QED) is 0.554. The number of nitrogens with two attached hydrogens (primary N) is 1. The van der Waals surface area contributed by atoms with Gasteiger partial charge in [-0.15, -0.1) is 6.42 Å². The van der Waals surface area contributed by atoms with E-state index in [0.29, 0.717) is 18.1 Å². The van der Waals surface area contributed by atoms with Crippen LogP contribution in [0.5, 0.6) is 0 Å². The van der Waals surface area contributed by atoms with Crippen LogP contribution in [0.25, 0.3) is 0 Å². The molecule has 2 bridgehead atoms. The summed E-state index contributed by atoms with van der Waals surface area (Å²) in [7, 11) is 0. The SMILES string of the molecule is C#CC(N)C1CC2CCC1O2. The van der Waals surface area contributed by atoms with E-state index in [4.69, 9.17) is 16.9 Å². The van der Waals surface area contributed by atoms with Crippen molar-refractivity contribution in [3.05, 3.63) is 0 Å². The van der Waals surface area contributed by atoms with Gasteiger partial charge in [0, 0.05) is 5.92 Å². The predicted octanol–water partition coefficient (Wildman–Crippen LogP) is 0.514. The van der Waals surface area contributed by atoms with Crippen LogP contribution in [-0.4, -0.2) is 18.2 Å². The molecular formula is C9H13NO. The van der Waals surface area contributed by atoms with Crippen molar-refractivity contribution in [2.75, 3.05) is 0 Å². The molecule has 2 nitrogen and oxygen atoms in total. The molecule has 0 spiro atoms. The third-order valence-electron chi connectivity index (χ3n) is 2.81. The summed E-state index contributed by atoms with van der Waals surface area (Å²) in [5.74, 6) is 3.02. The zero-order valence-corrected chi connectivity index (χ0v) is 6.49. The van der Waals surface area contributed by atoms with Crippen molar-refractivity contribution in [3.8, 4) is 12.3 Å². The van der Waals surface area contributed by atoms with Gasteiger partial charge in [-0.25, -0.2) is 0 Å². The highest BCUT2D eigenvalue weighted by Crippen LogP contribution is 2.39. The van der Waals surface area contributed by atoms with Crippen LogP contribution in [0, 0.1) is 18.3 Å². The first-order valence-corrected chi connectivity index (χ1v) is 4.18. The summed E-state index contributed by atoms with van der Waals surface area (Å²) in [4.78, 5) is 0. The summed E-state index contributed by atoms with van der Waals surface area (Å²) in [6.45, 7) is 0. The molecule has 0 amide bonds. The van der Waals surface area contributed by atoms with E-state index in [0.717, 1.165) is 12.8 Å². The number of hydrogen-bond donors (Lipinski definition) is 1. The average molecular weight is 151 g/mol. The first-order valence-electron chi connectivity index (χ1n) is 4.18. The van der Waals surface area contributed by atoms with Gasteiger partial charge in [0.05, 0.1) is 18.2 Å². The van der Waals surface area contributed by atoms with Crippen molar-refractivity contribution in [2.45, 2.75) is 37.5 Å². The van der Waals surface area contributed by atoms with Crippen molar-refractivity contribution >= 4 is 0 Å². The van der Waals surface area contributed by atoms with E-state index in [1.807, 2.05) is 0 Å². The number of terminal acetylenes is 1. The highest BCUT2D eigenvalue weighted by atomic mass is 16.5. The molecule has 60 valence electrons. The minimum Gasteiger partial charge on any atom is -0.375 e. The zero-order chi connectivity index (χ0) is 7.84. The molecule has 0 radical (unpaired) electrons. The first kappa shape index (κ1) is 7.15. The minimum atomic E-state index is -0.0923. The molecule has 2 saturated heterocycles. The highest BCUT2D eigenvalue weighted by Gasteiger charge is 2.42. The third-order valence-corrected chi connectivity index (χ3v) is 2.81. The maximum Gasteiger partial charge on any atom is 0.0716 e. The van der Waals surface area contributed by atoms with Crippen molar-refractivity contribution in [2.24, 2.45) is 11.7 Å². The van der Waals surface area contributed by atoms with Gasteiger partial charge in [0.1, 0.15) is 0 Å². The lowest BCUT2D eigenvalue weighted by Crippen LogP contribution is -2.34. The molecule has 0 saturated carbocycles. The van der Waals surface area contributed by atoms with Crippen LogP contribution < -0.4 is 5.73 Å². The van der Waals surface area contributed by atoms with Crippen LogP contribution in [0.4, 0.5) is 0 Å². The van der Waals surface area contributed by atoms with Crippen LogP contribution in [0.3, 0.4) is 0 Å². The fraction of sp³-hybridized carbons (Fsp3) is 0.778. The number of rotatable bonds is 1. The van der Waals surface area contributed by atoms with Crippen molar-refractivity contribution in [1.82, 2.24) is 0 Å². The van der Waals surface area contributed by atoms with Gasteiger partial charge >= 0.3 is 0 Å². The molecule has 0 aromatic heterocycles. The summed E-state index contributed by atoms with van der Waals surface area (Å²) in [5, 5.41) is 0. The lowest BCUT2D eigenvalue weighted by Gasteiger charge is -2.20. The van der Waals surface area contributed by atoms with Gasteiger partial charge in [0.25, 0.3) is 0 Å². The fourth-order valence-corrected chi connectivity index (χ4v) is 2.18. The van der Waals surface area contributed by atoms with E-state index in [2.05, 4.69) is 5.92 Å². The summed E-state index contributed by atoms with van der Waals surface area (Å²) >= 11 is 0. The topological polar surface area (TPSA) is 35.2 Å². The van der Waals surface area contributed by atoms with Crippen molar-refractivity contribution < 1.29 is 4.74 Å². The van der Waals surface area contributed by atoms with E-state index in [1.54, 1.807) is 0 Å². The molecule has 2 heteroatoms. The van der Waals surface area contributed by atoms with E-state index >= 15 is 0 Å². The molecule has 0 aliphatic carbocycles. The lowest BCUT2D eigenvalue weighted by molar-refractivity contribution is 0.0912. The Balaban J connectivity index is 2.03. The minimum absolute atomic E-state index is 0.0923. The van der Waals surface area contributed by atoms with E-state index in [1.165, 1.54) is 6.42 Å². The van der Waals surface area contributed by atoms with E-state index in [-0.39, 0.29) is 6.04 Å². The molecule has 2 fully saturated rings. The van der Waals surface area contributed by atoms with Crippen LogP contribution in [0.2, 0.25) is 0 Å². The van der Waals surface area contributed by atoms with E-state index in [9.17, 15) is 0 Å². The van der Waals surface area contributed by atoms with Gasteiger partial charge in [-0.05, 0) is 19.3 Å². The predicted molar refractivity (Wildman–Crippen MR) is 42.8 cm³/mol. The number of fused-ring (bicyclic) bond motifs is 2. The Labute approximate surface area is 67.1 Å². The Bertz CT molecular complexity index is 196. The Kier molecular flexibility index (Phi) is 1.63. The summed E-state index contributed by atoms with van der Waals surface area (Å²) in [6.07, 6.45) is 9.53. The fourth-order valence-electron chi connectivity index (χ4n) is 2.18. The van der Waals surface area contributed by atoms with Gasteiger partial charge in [-0.3, -0.25) is 0 Å². The second kappa shape index (κ2) is 2.51. The number of ether oxygens (including phenoxy) is 1. The summed E-state index contributed by atoms with van der Waals surface area (Å²) < 4.78 is 5.63. The molecule has 4 atom stereocenters. The normalized spacial score (nSPS) is 43.8. The second-order valence-corrected chi connectivity index (χ2v) is 3.47. The molecule has 2 aliphatic rings. The van der Waals surface area contributed by atoms with Gasteiger partial charge < -0.3 is 10.5 Å². The van der Waals surface area contributed by atoms with Crippen molar-refractivity contribution in [3.63, 3.8) is 0 Å². The molecule has 0 aromatic rings. The maximum atomic E-state index is 5.75. The van der Waals surface area contributed by atoms with Gasteiger partial charge in [-0.2, -0.15) is 0 Å². The Hall–Kier alpha value is -0.520. The van der Waals surface area contributed by atoms with Crippen LogP contribution in [0.15, 0.2) is 0 Å². The summed E-state index contributed by atoms with van der Waals surface area (Å²) in [5.41, 5.74) is 5.75.